The van der Waals surface area contributed by atoms with Crippen LogP contribution in [0.5, 0.6) is 5.75 Å². The lowest BCUT2D eigenvalue weighted by Gasteiger charge is -2.50. The highest BCUT2D eigenvalue weighted by Gasteiger charge is 2.55. The molecule has 2 fully saturated rings. The smallest absolute Gasteiger partial charge is 0.153 e. The number of benzene rings is 3. The maximum Gasteiger partial charge on any atom is 0.153 e. The van der Waals surface area contributed by atoms with E-state index in [9.17, 15) is 4.79 Å². The van der Waals surface area contributed by atoms with Crippen molar-refractivity contribution in [1.29, 1.82) is 0 Å². The van der Waals surface area contributed by atoms with Crippen LogP contribution in [0.25, 0.3) is 0 Å². The summed E-state index contributed by atoms with van der Waals surface area (Å²) >= 11 is 0. The average molecular weight is 481 g/mol. The molecule has 36 heavy (non-hydrogen) atoms. The van der Waals surface area contributed by atoms with E-state index >= 15 is 0 Å². The Labute approximate surface area is 214 Å². The fourth-order valence-electron chi connectivity index (χ4n) is 7.57. The molecule has 0 unspecified atom stereocenters. The van der Waals surface area contributed by atoms with Gasteiger partial charge in [-0.05, 0) is 96.1 Å². The van der Waals surface area contributed by atoms with Gasteiger partial charge in [0, 0.05) is 0 Å². The van der Waals surface area contributed by atoms with Crippen molar-refractivity contribution in [2.45, 2.75) is 70.7 Å². The van der Waals surface area contributed by atoms with Crippen molar-refractivity contribution in [1.82, 2.24) is 0 Å². The van der Waals surface area contributed by atoms with Crippen LogP contribution in [0.1, 0.15) is 77.6 Å². The molecule has 3 nitrogen and oxygen atoms in total. The molecule has 0 amide bonds. The number of ether oxygens (including phenoxy) is 2. The molecule has 3 heteroatoms. The van der Waals surface area contributed by atoms with E-state index in [0.29, 0.717) is 42.6 Å². The number of aryl methyl sites for hydroxylation is 1. The van der Waals surface area contributed by atoms with Crippen LogP contribution >= 0.6 is 0 Å². The van der Waals surface area contributed by atoms with Gasteiger partial charge in [0.2, 0.25) is 0 Å². The molecule has 0 saturated heterocycles. The standard InChI is InChI=1S/C33H36O3/c1-33-17-16-27-28(30(33)14-15-32(33)36-22-24-10-6-3-7-11-24)13-12-25-19-31(26(20-34)18-29(25)27)35-21-23-8-4-2-5-9-23/h2-11,18-20,27-28,30,32H,12-17,21-22H2,1H3/t27-,28+,30-,32-,33-/m0/s1. The molecule has 0 aliphatic heterocycles. The van der Waals surface area contributed by atoms with Gasteiger partial charge in [-0.25, -0.2) is 0 Å². The topological polar surface area (TPSA) is 35.5 Å². The van der Waals surface area contributed by atoms with Gasteiger partial charge in [0.1, 0.15) is 12.4 Å². The minimum Gasteiger partial charge on any atom is -0.488 e. The van der Waals surface area contributed by atoms with Crippen LogP contribution in [-0.4, -0.2) is 12.4 Å². The summed E-state index contributed by atoms with van der Waals surface area (Å²) in [5.74, 6) is 2.64. The Morgan fingerprint density at radius 1 is 0.889 bits per heavy atom. The predicted molar refractivity (Wildman–Crippen MR) is 142 cm³/mol. The number of rotatable bonds is 7. The van der Waals surface area contributed by atoms with Crippen molar-refractivity contribution in [3.63, 3.8) is 0 Å². The Balaban J connectivity index is 1.19. The zero-order valence-electron chi connectivity index (χ0n) is 21.2. The summed E-state index contributed by atoms with van der Waals surface area (Å²) in [6.07, 6.45) is 8.39. The molecule has 3 aromatic rings. The van der Waals surface area contributed by atoms with Gasteiger partial charge in [-0.1, -0.05) is 67.6 Å². The minimum atomic E-state index is 0.250. The second-order valence-corrected chi connectivity index (χ2v) is 11.3. The Kier molecular flexibility index (Phi) is 6.43. The minimum absolute atomic E-state index is 0.250. The van der Waals surface area contributed by atoms with Crippen molar-refractivity contribution < 1.29 is 14.3 Å². The van der Waals surface area contributed by atoms with Gasteiger partial charge in [0.05, 0.1) is 18.3 Å². The van der Waals surface area contributed by atoms with Crippen LogP contribution in [0.3, 0.4) is 0 Å². The van der Waals surface area contributed by atoms with E-state index in [-0.39, 0.29) is 5.41 Å². The van der Waals surface area contributed by atoms with Crippen LogP contribution in [0, 0.1) is 17.3 Å². The van der Waals surface area contributed by atoms with Gasteiger partial charge in [-0.2, -0.15) is 0 Å². The van der Waals surface area contributed by atoms with Crippen molar-refractivity contribution in [2.24, 2.45) is 17.3 Å². The first kappa shape index (κ1) is 23.5. The number of carbonyl (C=O) groups excluding carboxylic acids is 1. The summed E-state index contributed by atoms with van der Waals surface area (Å²) in [6.45, 7) is 3.68. The zero-order chi connectivity index (χ0) is 24.5. The Morgan fingerprint density at radius 2 is 1.61 bits per heavy atom. The molecule has 0 aromatic heterocycles. The molecule has 3 aromatic carbocycles. The molecule has 5 atom stereocenters. The summed E-state index contributed by atoms with van der Waals surface area (Å²) in [5, 5.41) is 0. The van der Waals surface area contributed by atoms with Gasteiger partial charge in [0.15, 0.2) is 6.29 Å². The number of carbonyl (C=O) groups is 1. The van der Waals surface area contributed by atoms with Crippen molar-refractivity contribution in [2.75, 3.05) is 0 Å². The van der Waals surface area contributed by atoms with Crippen molar-refractivity contribution in [3.05, 3.63) is 101 Å². The fourth-order valence-corrected chi connectivity index (χ4v) is 7.57. The highest BCUT2D eigenvalue weighted by atomic mass is 16.5. The van der Waals surface area contributed by atoms with Crippen molar-refractivity contribution >= 4 is 6.29 Å². The SMILES string of the molecule is C[C@]12CC[C@@H]3c4cc(C=O)c(OCc5ccccc5)cc4CC[C@H]3[C@@H]1CC[C@@H]2OCc1ccccc1. The monoisotopic (exact) mass is 480 g/mol. The Morgan fingerprint density at radius 3 is 2.33 bits per heavy atom. The Bertz CT molecular complexity index is 1200. The fraction of sp³-hybridized carbons (Fsp3) is 0.424. The molecule has 0 bridgehead atoms. The third-order valence-corrected chi connectivity index (χ3v) is 9.43. The molecule has 0 spiro atoms. The largest absolute Gasteiger partial charge is 0.488 e. The third-order valence-electron chi connectivity index (χ3n) is 9.43. The van der Waals surface area contributed by atoms with Gasteiger partial charge in [0.25, 0.3) is 0 Å². The molecule has 0 heterocycles. The van der Waals surface area contributed by atoms with Gasteiger partial charge in [-0.3, -0.25) is 4.79 Å². The quantitative estimate of drug-likeness (QED) is 0.328. The van der Waals surface area contributed by atoms with Crippen molar-refractivity contribution in [3.8, 4) is 5.75 Å². The van der Waals surface area contributed by atoms with Gasteiger partial charge in [-0.15, -0.1) is 0 Å². The first-order valence-electron chi connectivity index (χ1n) is 13.6. The maximum absolute atomic E-state index is 12.1. The predicted octanol–water partition coefficient (Wildman–Crippen LogP) is 7.52. The number of hydrogen-bond acceptors (Lipinski definition) is 3. The van der Waals surface area contributed by atoms with E-state index in [2.05, 4.69) is 61.5 Å². The lowest BCUT2D eigenvalue weighted by Crippen LogP contribution is -2.44. The normalized spacial score (nSPS) is 28.6. The molecule has 0 N–H and O–H groups in total. The second-order valence-electron chi connectivity index (χ2n) is 11.3. The summed E-state index contributed by atoms with van der Waals surface area (Å²) < 4.78 is 12.7. The molecular formula is C33H36O3. The van der Waals surface area contributed by atoms with E-state index < -0.39 is 0 Å². The molecule has 6 rings (SSSR count). The molecule has 2 saturated carbocycles. The van der Waals surface area contributed by atoms with E-state index in [1.807, 2.05) is 18.2 Å². The summed E-state index contributed by atoms with van der Waals surface area (Å²) in [6, 6.07) is 25.0. The van der Waals surface area contributed by atoms with Crippen LogP contribution in [0.2, 0.25) is 0 Å². The first-order chi connectivity index (χ1) is 17.7. The Hall–Kier alpha value is -2.91. The lowest BCUT2D eigenvalue weighted by atomic mass is 9.55. The highest BCUT2D eigenvalue weighted by molar-refractivity contribution is 5.80. The third kappa shape index (κ3) is 4.28. The number of fused-ring (bicyclic) bond motifs is 5. The average Bonchev–Trinajstić information content (AvgIpc) is 3.27. The molecule has 3 aliphatic carbocycles. The van der Waals surface area contributed by atoms with E-state index in [4.69, 9.17) is 9.47 Å². The zero-order valence-corrected chi connectivity index (χ0v) is 21.2. The maximum atomic E-state index is 12.1. The van der Waals surface area contributed by atoms with Crippen LogP contribution in [0.15, 0.2) is 72.8 Å². The second kappa shape index (κ2) is 9.86. The molecule has 186 valence electrons. The van der Waals surface area contributed by atoms with Crippen LogP contribution in [0.4, 0.5) is 0 Å². The molecule has 3 aliphatic rings. The molecule has 0 radical (unpaired) electrons. The number of aldehydes is 1. The summed E-state index contributed by atoms with van der Waals surface area (Å²) in [4.78, 5) is 12.1. The number of hydrogen-bond donors (Lipinski definition) is 0. The van der Waals surface area contributed by atoms with E-state index in [1.165, 1.54) is 42.4 Å². The molecular weight excluding hydrogens is 444 g/mol. The summed E-state index contributed by atoms with van der Waals surface area (Å²) in [7, 11) is 0. The van der Waals surface area contributed by atoms with Crippen LogP contribution in [-0.2, 0) is 24.4 Å². The van der Waals surface area contributed by atoms with E-state index in [1.54, 1.807) is 0 Å². The van der Waals surface area contributed by atoms with Gasteiger partial charge >= 0.3 is 0 Å². The highest BCUT2D eigenvalue weighted by Crippen LogP contribution is 2.61. The summed E-state index contributed by atoms with van der Waals surface area (Å²) in [5.41, 5.74) is 6.09. The van der Waals surface area contributed by atoms with Gasteiger partial charge < -0.3 is 9.47 Å². The lowest BCUT2D eigenvalue weighted by molar-refractivity contribution is -0.0707. The van der Waals surface area contributed by atoms with Crippen LogP contribution < -0.4 is 4.74 Å². The van der Waals surface area contributed by atoms with E-state index in [0.717, 1.165) is 30.4 Å². The first-order valence-corrected chi connectivity index (χ1v) is 13.6.